The highest BCUT2D eigenvalue weighted by Gasteiger charge is 2.02. The first-order valence-electron chi connectivity index (χ1n) is 3.59. The second-order valence-electron chi connectivity index (χ2n) is 2.07. The Hall–Kier alpha value is -0.620. The topological polar surface area (TPSA) is 69.7 Å². The average Bonchev–Trinajstić information content (AvgIpc) is 2.01. The maximum atomic E-state index is 10.6. The third-order valence-corrected chi connectivity index (χ3v) is 1.39. The molecule has 0 unspecified atom stereocenters. The van der Waals surface area contributed by atoms with Gasteiger partial charge >= 0.3 is 5.97 Å². The van der Waals surface area contributed by atoms with Gasteiger partial charge in [0.2, 0.25) is 0 Å². The van der Waals surface area contributed by atoms with E-state index in [1.54, 1.807) is 0 Å². The van der Waals surface area contributed by atoms with E-state index in [2.05, 4.69) is 8.92 Å². The number of carbonyl (C=O) groups excluding carboxylic acids is 1. The summed E-state index contributed by atoms with van der Waals surface area (Å²) in [6, 6.07) is 0. The van der Waals surface area contributed by atoms with Crippen LogP contribution in [0.2, 0.25) is 0 Å². The van der Waals surface area contributed by atoms with Crippen LogP contribution in [-0.2, 0) is 24.7 Å². The first kappa shape index (κ1) is 11.4. The molecule has 0 atom stereocenters. The van der Waals surface area contributed by atoms with Crippen LogP contribution in [0.3, 0.4) is 0 Å². The van der Waals surface area contributed by atoms with Crippen molar-refractivity contribution in [1.82, 2.24) is 0 Å². The number of ether oxygens (including phenoxy) is 1. The van der Waals surface area contributed by atoms with Gasteiger partial charge in [-0.2, -0.15) is 0 Å². The molecule has 5 nitrogen and oxygen atoms in total. The molecule has 0 aromatic heterocycles. The number of esters is 1. The fourth-order valence-electron chi connectivity index (χ4n) is 0.477. The normalized spacial score (nSPS) is 10.2. The van der Waals surface area contributed by atoms with E-state index in [9.17, 15) is 13.2 Å². The van der Waals surface area contributed by atoms with E-state index in [1.165, 1.54) is 0 Å². The van der Waals surface area contributed by atoms with Crippen molar-refractivity contribution in [2.45, 2.75) is 19.8 Å². The monoisotopic (exact) mass is 196 g/mol. The van der Waals surface area contributed by atoms with Crippen molar-refractivity contribution in [3.63, 3.8) is 0 Å². The molecule has 0 amide bonds. The molecule has 0 fully saturated rings. The van der Waals surface area contributed by atoms with E-state index >= 15 is 0 Å². The van der Waals surface area contributed by atoms with Crippen LogP contribution in [0.4, 0.5) is 0 Å². The number of unbranched alkanes of at least 4 members (excludes halogenated alkanes) is 1. The van der Waals surface area contributed by atoms with Crippen LogP contribution in [0.5, 0.6) is 0 Å². The van der Waals surface area contributed by atoms with Crippen molar-refractivity contribution in [3.8, 4) is 0 Å². The van der Waals surface area contributed by atoms with Gasteiger partial charge in [0.15, 0.2) is 6.61 Å². The van der Waals surface area contributed by atoms with E-state index in [4.69, 9.17) is 0 Å². The molecule has 0 N–H and O–H groups in total. The summed E-state index contributed by atoms with van der Waals surface area (Å²) in [5.74, 6) is -0.650. The molecule has 0 rings (SSSR count). The highest BCUT2D eigenvalue weighted by atomic mass is 32.2. The summed E-state index contributed by atoms with van der Waals surface area (Å²) in [6.07, 6.45) is 1.69. The van der Waals surface area contributed by atoms with Gasteiger partial charge in [0, 0.05) is 0 Å². The minimum absolute atomic E-state index is 0.314. The first-order valence-corrected chi connectivity index (χ1v) is 4.69. The van der Waals surface area contributed by atoms with Crippen LogP contribution in [-0.4, -0.2) is 27.6 Å². The van der Waals surface area contributed by atoms with Crippen LogP contribution in [0.15, 0.2) is 0 Å². The van der Waals surface area contributed by atoms with Gasteiger partial charge in [-0.25, -0.2) is 13.2 Å². The summed E-state index contributed by atoms with van der Waals surface area (Å²) in [6.45, 7) is 1.75. The van der Waals surface area contributed by atoms with Crippen LogP contribution in [0.1, 0.15) is 19.8 Å². The molecule has 0 spiro atoms. The zero-order valence-corrected chi connectivity index (χ0v) is 7.71. The molecule has 0 saturated heterocycles. The van der Waals surface area contributed by atoms with Crippen LogP contribution in [0.25, 0.3) is 0 Å². The molecule has 0 bridgehead atoms. The Kier molecular flexibility index (Phi) is 6.69. The molecule has 12 heavy (non-hydrogen) atoms. The van der Waals surface area contributed by atoms with Gasteiger partial charge in [0.25, 0.3) is 11.0 Å². The summed E-state index contributed by atoms with van der Waals surface area (Å²) in [5, 5.41) is 0. The first-order chi connectivity index (χ1) is 5.66. The quantitative estimate of drug-likeness (QED) is 0.364. The van der Waals surface area contributed by atoms with Crippen molar-refractivity contribution < 1.29 is 22.1 Å². The molecule has 0 heterocycles. The zero-order valence-electron chi connectivity index (χ0n) is 6.82. The Balaban J connectivity index is 3.34. The van der Waals surface area contributed by atoms with Gasteiger partial charge in [-0.05, 0) is 6.42 Å². The smallest absolute Gasteiger partial charge is 0.333 e. The van der Waals surface area contributed by atoms with Gasteiger partial charge in [-0.15, -0.1) is 0 Å². The van der Waals surface area contributed by atoms with Gasteiger partial charge in [-0.3, -0.25) is 4.18 Å². The molecular formula is C6H12O5S. The second-order valence-corrected chi connectivity index (χ2v) is 2.78. The van der Waals surface area contributed by atoms with Crippen molar-refractivity contribution in [2.75, 3.05) is 13.2 Å². The summed E-state index contributed by atoms with van der Waals surface area (Å²) in [7, 11) is -2.95. The van der Waals surface area contributed by atoms with Crippen LogP contribution in [0, 0.1) is 0 Å². The van der Waals surface area contributed by atoms with E-state index in [0.29, 0.717) is 6.61 Å². The standard InChI is InChI=1S/C6H12O5S/c1-2-3-4-10-6(7)5-11-12(8)9/h12H,2-5H2,1H3. The lowest BCUT2D eigenvalue weighted by molar-refractivity contribution is -0.145. The Morgan fingerprint density at radius 3 is 2.58 bits per heavy atom. The van der Waals surface area contributed by atoms with E-state index in [-0.39, 0.29) is 0 Å². The number of rotatable bonds is 6. The minimum Gasteiger partial charge on any atom is -0.464 e. The highest BCUT2D eigenvalue weighted by molar-refractivity contribution is 7.67. The molecule has 0 aromatic rings. The summed E-state index contributed by atoms with van der Waals surface area (Å²) < 4.78 is 28.3. The Bertz CT molecular complexity index is 190. The molecular weight excluding hydrogens is 184 g/mol. The molecule has 0 aliphatic rings. The van der Waals surface area contributed by atoms with Crippen molar-refractivity contribution >= 4 is 17.0 Å². The van der Waals surface area contributed by atoms with Crippen molar-refractivity contribution in [3.05, 3.63) is 0 Å². The number of thiol groups is 1. The van der Waals surface area contributed by atoms with Gasteiger partial charge < -0.3 is 4.74 Å². The molecule has 6 heteroatoms. The van der Waals surface area contributed by atoms with Crippen LogP contribution < -0.4 is 0 Å². The Morgan fingerprint density at radius 2 is 2.08 bits per heavy atom. The predicted octanol–water partition coefficient (Wildman–Crippen LogP) is -0.127. The summed E-state index contributed by atoms with van der Waals surface area (Å²) in [4.78, 5) is 10.6. The van der Waals surface area contributed by atoms with Gasteiger partial charge in [0.05, 0.1) is 6.61 Å². The van der Waals surface area contributed by atoms with Gasteiger partial charge in [0.1, 0.15) is 0 Å². The fourth-order valence-corrected chi connectivity index (χ4v) is 0.688. The van der Waals surface area contributed by atoms with Gasteiger partial charge in [-0.1, -0.05) is 13.3 Å². The van der Waals surface area contributed by atoms with Crippen molar-refractivity contribution in [2.24, 2.45) is 0 Å². The predicted molar refractivity (Wildman–Crippen MR) is 42.1 cm³/mol. The molecule has 0 aliphatic heterocycles. The average molecular weight is 196 g/mol. The molecule has 0 aliphatic carbocycles. The molecule has 72 valence electrons. The third-order valence-electron chi connectivity index (χ3n) is 1.05. The Morgan fingerprint density at radius 1 is 1.42 bits per heavy atom. The lowest BCUT2D eigenvalue weighted by Gasteiger charge is -2.00. The minimum atomic E-state index is -2.95. The summed E-state index contributed by atoms with van der Waals surface area (Å²) in [5.41, 5.74) is 0. The van der Waals surface area contributed by atoms with Crippen LogP contribution >= 0.6 is 0 Å². The van der Waals surface area contributed by atoms with E-state index < -0.39 is 23.6 Å². The molecule has 0 radical (unpaired) electrons. The number of carbonyl (C=O) groups is 1. The molecule has 0 saturated carbocycles. The second kappa shape index (κ2) is 7.05. The SMILES string of the molecule is CCCCOC(=O)CO[SH](=O)=O. The van der Waals surface area contributed by atoms with E-state index in [1.807, 2.05) is 6.92 Å². The number of hydrogen-bond acceptors (Lipinski definition) is 5. The fraction of sp³-hybridized carbons (Fsp3) is 0.833. The lowest BCUT2D eigenvalue weighted by atomic mass is 10.4. The van der Waals surface area contributed by atoms with E-state index in [0.717, 1.165) is 12.8 Å². The Labute approximate surface area is 72.8 Å². The lowest BCUT2D eigenvalue weighted by Crippen LogP contribution is -2.12. The number of hydrogen-bond donors (Lipinski definition) is 1. The largest absolute Gasteiger partial charge is 0.464 e. The highest BCUT2D eigenvalue weighted by Crippen LogP contribution is 1.89. The zero-order chi connectivity index (χ0) is 9.40. The molecule has 0 aromatic carbocycles. The van der Waals surface area contributed by atoms with Crippen molar-refractivity contribution in [1.29, 1.82) is 0 Å². The third kappa shape index (κ3) is 7.49. The summed E-state index contributed by atoms with van der Waals surface area (Å²) >= 11 is 0. The maximum absolute atomic E-state index is 10.6. The maximum Gasteiger partial charge on any atom is 0.333 e.